The molecular formula is C29H39NO. The minimum Gasteiger partial charge on any atom is -0.352 e. The summed E-state index contributed by atoms with van der Waals surface area (Å²) in [7, 11) is 0. The van der Waals surface area contributed by atoms with Crippen LogP contribution < -0.4 is 5.32 Å². The molecule has 1 atom stereocenters. The van der Waals surface area contributed by atoms with Gasteiger partial charge in [-0.15, -0.1) is 0 Å². The standard InChI is InChI=1S/C29H39NO/c1-22(15-16-27-25(4)24(3)17-19-29(27,5)6)11-10-12-23(2)21-28(31)30-20-18-26-13-8-7-9-14-26/h7-16,21,24H,17-20H2,1-6H3,(H,30,31)/b12-10+,16-15+,22-11+,23-21-. The van der Waals surface area contributed by atoms with Crippen LogP contribution in [-0.2, 0) is 11.2 Å². The Morgan fingerprint density at radius 1 is 1.13 bits per heavy atom. The van der Waals surface area contributed by atoms with Crippen LogP contribution in [0.25, 0.3) is 0 Å². The Hall–Kier alpha value is -2.61. The van der Waals surface area contributed by atoms with Crippen LogP contribution >= 0.6 is 0 Å². The molecule has 0 spiro atoms. The van der Waals surface area contributed by atoms with Crippen molar-refractivity contribution in [3.05, 3.63) is 94.6 Å². The largest absolute Gasteiger partial charge is 0.352 e. The molecule has 2 heteroatoms. The predicted octanol–water partition coefficient (Wildman–Crippen LogP) is 7.12. The zero-order chi connectivity index (χ0) is 22.9. The number of hydrogen-bond donors (Lipinski definition) is 1. The predicted molar refractivity (Wildman–Crippen MR) is 134 cm³/mol. The summed E-state index contributed by atoms with van der Waals surface area (Å²) < 4.78 is 0. The van der Waals surface area contributed by atoms with Crippen molar-refractivity contribution < 1.29 is 4.79 Å². The van der Waals surface area contributed by atoms with Gasteiger partial charge in [-0.1, -0.05) is 92.6 Å². The second-order valence-electron chi connectivity index (χ2n) is 9.44. The molecule has 0 fully saturated rings. The van der Waals surface area contributed by atoms with Gasteiger partial charge in [-0.25, -0.2) is 0 Å². The van der Waals surface area contributed by atoms with Gasteiger partial charge in [0, 0.05) is 12.6 Å². The van der Waals surface area contributed by atoms with Crippen molar-refractivity contribution in [2.75, 3.05) is 6.54 Å². The third-order valence-electron chi connectivity index (χ3n) is 6.24. The molecule has 0 radical (unpaired) electrons. The second kappa shape index (κ2) is 11.7. The molecule has 166 valence electrons. The van der Waals surface area contributed by atoms with Crippen molar-refractivity contribution >= 4 is 5.91 Å². The molecule has 1 N–H and O–H groups in total. The molecule has 1 amide bonds. The van der Waals surface area contributed by atoms with Crippen molar-refractivity contribution in [1.82, 2.24) is 5.32 Å². The first-order valence-electron chi connectivity index (χ1n) is 11.4. The summed E-state index contributed by atoms with van der Waals surface area (Å²) >= 11 is 0. The summed E-state index contributed by atoms with van der Waals surface area (Å²) in [6, 6.07) is 10.2. The lowest BCUT2D eigenvalue weighted by atomic mass is 9.69. The summed E-state index contributed by atoms with van der Waals surface area (Å²) in [6.45, 7) is 14.0. The van der Waals surface area contributed by atoms with Crippen molar-refractivity contribution in [3.8, 4) is 0 Å². The van der Waals surface area contributed by atoms with E-state index in [9.17, 15) is 4.79 Å². The van der Waals surface area contributed by atoms with Gasteiger partial charge in [-0.2, -0.15) is 0 Å². The zero-order valence-electron chi connectivity index (χ0n) is 20.2. The van der Waals surface area contributed by atoms with Gasteiger partial charge < -0.3 is 5.32 Å². The van der Waals surface area contributed by atoms with E-state index in [2.05, 4.69) is 70.3 Å². The highest BCUT2D eigenvalue weighted by atomic mass is 16.1. The average Bonchev–Trinajstić information content (AvgIpc) is 2.71. The van der Waals surface area contributed by atoms with Crippen LogP contribution in [0.5, 0.6) is 0 Å². The molecule has 1 aliphatic rings. The van der Waals surface area contributed by atoms with Crippen LogP contribution in [0.15, 0.2) is 89.1 Å². The third kappa shape index (κ3) is 8.20. The van der Waals surface area contributed by atoms with Gasteiger partial charge in [0.1, 0.15) is 0 Å². The lowest BCUT2D eigenvalue weighted by Gasteiger charge is -2.36. The van der Waals surface area contributed by atoms with Crippen LogP contribution in [0.2, 0.25) is 0 Å². The molecule has 1 aliphatic carbocycles. The Bertz CT molecular complexity index is 894. The van der Waals surface area contributed by atoms with Crippen molar-refractivity contribution in [1.29, 1.82) is 0 Å². The van der Waals surface area contributed by atoms with Crippen LogP contribution in [0.3, 0.4) is 0 Å². The molecule has 2 nitrogen and oxygen atoms in total. The van der Waals surface area contributed by atoms with E-state index in [4.69, 9.17) is 0 Å². The second-order valence-corrected chi connectivity index (χ2v) is 9.44. The van der Waals surface area contributed by atoms with Crippen LogP contribution in [0, 0.1) is 11.3 Å². The van der Waals surface area contributed by atoms with Gasteiger partial charge >= 0.3 is 0 Å². The molecule has 0 heterocycles. The molecule has 1 aromatic carbocycles. The van der Waals surface area contributed by atoms with Gasteiger partial charge in [0.25, 0.3) is 0 Å². The minimum atomic E-state index is -0.0465. The molecule has 2 rings (SSSR count). The van der Waals surface area contributed by atoms with E-state index in [1.54, 1.807) is 6.08 Å². The minimum absolute atomic E-state index is 0.0465. The fourth-order valence-corrected chi connectivity index (χ4v) is 3.99. The molecular weight excluding hydrogens is 378 g/mol. The Morgan fingerprint density at radius 2 is 1.84 bits per heavy atom. The molecule has 1 unspecified atom stereocenters. The fraction of sp³-hybridized carbons (Fsp3) is 0.414. The number of carbonyl (C=O) groups excluding carboxylic acids is 1. The third-order valence-corrected chi connectivity index (χ3v) is 6.24. The van der Waals surface area contributed by atoms with Gasteiger partial charge in [0.05, 0.1) is 0 Å². The van der Waals surface area contributed by atoms with Crippen molar-refractivity contribution in [2.45, 2.75) is 60.8 Å². The average molecular weight is 418 g/mol. The van der Waals surface area contributed by atoms with E-state index < -0.39 is 0 Å². The van der Waals surface area contributed by atoms with E-state index in [0.717, 1.165) is 12.0 Å². The van der Waals surface area contributed by atoms with Gasteiger partial charge in [0.15, 0.2) is 0 Å². The van der Waals surface area contributed by atoms with Crippen molar-refractivity contribution in [2.24, 2.45) is 11.3 Å². The molecule has 1 aromatic rings. The first kappa shape index (κ1) is 24.7. The maximum absolute atomic E-state index is 12.1. The monoisotopic (exact) mass is 417 g/mol. The Balaban J connectivity index is 1.88. The SMILES string of the molecule is CC1=C(/C=C/C(C)=C/C=C/C(C)=C\C(=O)NCCc2ccccc2)C(C)(C)CCC1C. The summed E-state index contributed by atoms with van der Waals surface area (Å²) in [6.07, 6.45) is 15.6. The first-order valence-corrected chi connectivity index (χ1v) is 11.4. The lowest BCUT2D eigenvalue weighted by molar-refractivity contribution is -0.116. The van der Waals surface area contributed by atoms with Crippen LogP contribution in [-0.4, -0.2) is 12.5 Å². The highest BCUT2D eigenvalue weighted by molar-refractivity contribution is 5.88. The van der Waals surface area contributed by atoms with E-state index in [1.807, 2.05) is 37.3 Å². The summed E-state index contributed by atoms with van der Waals surface area (Å²) in [5.74, 6) is 0.623. The van der Waals surface area contributed by atoms with Crippen molar-refractivity contribution in [3.63, 3.8) is 0 Å². The Labute approximate surface area is 189 Å². The number of amides is 1. The van der Waals surface area contributed by atoms with Gasteiger partial charge in [-0.05, 0) is 68.1 Å². The highest BCUT2D eigenvalue weighted by Crippen LogP contribution is 2.43. The number of benzene rings is 1. The molecule has 0 saturated heterocycles. The number of carbonyl (C=O) groups is 1. The smallest absolute Gasteiger partial charge is 0.244 e. The number of hydrogen-bond acceptors (Lipinski definition) is 1. The van der Waals surface area contributed by atoms with E-state index >= 15 is 0 Å². The Morgan fingerprint density at radius 3 is 2.55 bits per heavy atom. The summed E-state index contributed by atoms with van der Waals surface area (Å²) in [5, 5.41) is 2.95. The maximum Gasteiger partial charge on any atom is 0.244 e. The van der Waals surface area contributed by atoms with Crippen LogP contribution in [0.1, 0.15) is 59.9 Å². The fourth-order valence-electron chi connectivity index (χ4n) is 3.99. The summed E-state index contributed by atoms with van der Waals surface area (Å²) in [5.41, 5.74) is 6.61. The molecule has 0 bridgehead atoms. The number of allylic oxidation sites excluding steroid dienone is 9. The lowest BCUT2D eigenvalue weighted by Crippen LogP contribution is -2.23. The van der Waals surface area contributed by atoms with Gasteiger partial charge in [-0.3, -0.25) is 4.79 Å². The number of rotatable bonds is 8. The normalized spacial score (nSPS) is 20.0. The summed E-state index contributed by atoms with van der Waals surface area (Å²) in [4.78, 5) is 12.1. The first-order chi connectivity index (χ1) is 14.7. The Kier molecular flexibility index (Phi) is 9.30. The van der Waals surface area contributed by atoms with E-state index in [-0.39, 0.29) is 11.3 Å². The maximum atomic E-state index is 12.1. The molecule has 0 saturated carbocycles. The van der Waals surface area contributed by atoms with Gasteiger partial charge in [0.2, 0.25) is 5.91 Å². The topological polar surface area (TPSA) is 29.1 Å². The molecule has 31 heavy (non-hydrogen) atoms. The highest BCUT2D eigenvalue weighted by Gasteiger charge is 2.29. The zero-order valence-corrected chi connectivity index (χ0v) is 20.2. The quantitative estimate of drug-likeness (QED) is 0.354. The van der Waals surface area contributed by atoms with Crippen LogP contribution in [0.4, 0.5) is 0 Å². The molecule has 0 aliphatic heterocycles. The van der Waals surface area contributed by atoms with E-state index in [1.165, 1.54) is 35.1 Å². The number of nitrogens with one attached hydrogen (secondary N) is 1. The molecule has 0 aromatic heterocycles. The van der Waals surface area contributed by atoms with E-state index in [0.29, 0.717) is 12.5 Å².